The fraction of sp³-hybridized carbons (Fsp3) is 0.350. The number of carbonyl (C=O) groups is 1. The van der Waals surface area contributed by atoms with Crippen LogP contribution in [0, 0.1) is 6.92 Å². The Hall–Kier alpha value is -2.58. The average Bonchev–Trinajstić information content (AvgIpc) is 2.66. The second-order valence-corrected chi connectivity index (χ2v) is 8.29. The zero-order valence-electron chi connectivity index (χ0n) is 16.5. The first-order valence-electron chi connectivity index (χ1n) is 8.80. The lowest BCUT2D eigenvalue weighted by atomic mass is 10.2. The zero-order valence-corrected chi connectivity index (χ0v) is 17.3. The van der Waals surface area contributed by atoms with Gasteiger partial charge in [0.2, 0.25) is 5.91 Å². The number of amides is 1. The number of aryl methyl sites for hydroxylation is 1. The number of hydrogen-bond donors (Lipinski definition) is 1. The third kappa shape index (κ3) is 5.24. The lowest BCUT2D eigenvalue weighted by Crippen LogP contribution is -2.44. The minimum absolute atomic E-state index is 0.0938. The molecule has 7 nitrogen and oxygen atoms in total. The van der Waals surface area contributed by atoms with Crippen LogP contribution in [0.4, 0.5) is 5.69 Å². The fourth-order valence-electron chi connectivity index (χ4n) is 2.76. The number of nitrogens with zero attached hydrogens (tertiary/aromatic N) is 1. The second-order valence-electron chi connectivity index (χ2n) is 6.42. The molecule has 0 radical (unpaired) electrons. The summed E-state index contributed by atoms with van der Waals surface area (Å²) in [7, 11) is -0.991. The lowest BCUT2D eigenvalue weighted by Gasteiger charge is -2.26. The van der Waals surface area contributed by atoms with Gasteiger partial charge in [0.25, 0.3) is 10.0 Å². The predicted molar refractivity (Wildman–Crippen MR) is 108 cm³/mol. The van der Waals surface area contributed by atoms with Gasteiger partial charge in [0.05, 0.1) is 24.3 Å². The van der Waals surface area contributed by atoms with Crippen molar-refractivity contribution in [2.45, 2.75) is 24.8 Å². The van der Waals surface area contributed by atoms with E-state index in [0.717, 1.165) is 9.87 Å². The van der Waals surface area contributed by atoms with Gasteiger partial charge in [-0.15, -0.1) is 0 Å². The van der Waals surface area contributed by atoms with E-state index in [1.165, 1.54) is 26.4 Å². The van der Waals surface area contributed by atoms with Crippen LogP contribution in [0.2, 0.25) is 0 Å². The summed E-state index contributed by atoms with van der Waals surface area (Å²) in [6.45, 7) is 3.57. The first-order valence-corrected chi connectivity index (χ1v) is 10.2. The molecule has 0 saturated heterocycles. The Bertz CT molecular complexity index is 900. The molecule has 152 valence electrons. The van der Waals surface area contributed by atoms with E-state index in [1.54, 1.807) is 37.3 Å². The maximum Gasteiger partial charge on any atom is 0.264 e. The molecule has 8 heteroatoms. The molecule has 0 aliphatic carbocycles. The number of carbonyl (C=O) groups excluding carboxylic acids is 1. The Kier molecular flexibility index (Phi) is 7.42. The van der Waals surface area contributed by atoms with E-state index in [9.17, 15) is 13.2 Å². The molecule has 0 fully saturated rings. The minimum Gasteiger partial charge on any atom is -0.495 e. The molecule has 0 saturated carbocycles. The van der Waals surface area contributed by atoms with Crippen molar-refractivity contribution < 1.29 is 22.7 Å². The quantitative estimate of drug-likeness (QED) is 0.691. The van der Waals surface area contributed by atoms with E-state index in [2.05, 4.69) is 5.32 Å². The molecule has 0 aliphatic heterocycles. The summed E-state index contributed by atoms with van der Waals surface area (Å²) in [5.41, 5.74) is 1.15. The largest absolute Gasteiger partial charge is 0.495 e. The van der Waals surface area contributed by atoms with E-state index in [-0.39, 0.29) is 17.5 Å². The van der Waals surface area contributed by atoms with E-state index in [0.29, 0.717) is 18.0 Å². The summed E-state index contributed by atoms with van der Waals surface area (Å²) in [6, 6.07) is 12.9. The van der Waals surface area contributed by atoms with Crippen LogP contribution < -0.4 is 14.4 Å². The van der Waals surface area contributed by atoms with Gasteiger partial charge in [-0.05, 0) is 43.7 Å². The Morgan fingerprint density at radius 3 is 2.43 bits per heavy atom. The van der Waals surface area contributed by atoms with Gasteiger partial charge in [-0.25, -0.2) is 8.42 Å². The number of benzene rings is 2. The highest BCUT2D eigenvalue weighted by molar-refractivity contribution is 7.92. The van der Waals surface area contributed by atoms with Crippen molar-refractivity contribution in [2.24, 2.45) is 0 Å². The van der Waals surface area contributed by atoms with Crippen LogP contribution in [0.25, 0.3) is 0 Å². The number of nitrogens with one attached hydrogen (secondary N) is 1. The molecular formula is C20H26N2O5S. The Morgan fingerprint density at radius 1 is 1.14 bits per heavy atom. The van der Waals surface area contributed by atoms with Gasteiger partial charge in [-0.2, -0.15) is 0 Å². The summed E-state index contributed by atoms with van der Waals surface area (Å²) in [4.78, 5) is 12.7. The Labute approximate surface area is 166 Å². The normalized spacial score (nSPS) is 12.3. The SMILES string of the molecule is COC[C@H](C)NC(=O)CN(c1cc(C)ccc1OC)S(=O)(=O)c1ccccc1. The molecule has 2 rings (SSSR count). The van der Waals surface area contributed by atoms with Gasteiger partial charge in [-0.1, -0.05) is 24.3 Å². The average molecular weight is 407 g/mol. The molecular weight excluding hydrogens is 380 g/mol. The first kappa shape index (κ1) is 21.7. The van der Waals surface area contributed by atoms with Crippen LogP contribution in [0.5, 0.6) is 5.75 Å². The van der Waals surface area contributed by atoms with Crippen LogP contribution in [0.1, 0.15) is 12.5 Å². The topological polar surface area (TPSA) is 84.9 Å². The van der Waals surface area contributed by atoms with Gasteiger partial charge >= 0.3 is 0 Å². The summed E-state index contributed by atoms with van der Waals surface area (Å²) in [5.74, 6) is -0.0736. The number of anilines is 1. The van der Waals surface area contributed by atoms with Crippen molar-refractivity contribution >= 4 is 21.6 Å². The molecule has 2 aromatic carbocycles. The highest BCUT2D eigenvalue weighted by Gasteiger charge is 2.29. The molecule has 1 amide bonds. The molecule has 1 N–H and O–H groups in total. The predicted octanol–water partition coefficient (Wildman–Crippen LogP) is 2.35. The second kappa shape index (κ2) is 9.57. The number of sulfonamides is 1. The summed E-state index contributed by atoms with van der Waals surface area (Å²) >= 11 is 0. The van der Waals surface area contributed by atoms with Gasteiger partial charge < -0.3 is 14.8 Å². The summed E-state index contributed by atoms with van der Waals surface area (Å²) < 4.78 is 38.1. The molecule has 0 heterocycles. The minimum atomic E-state index is -3.99. The molecule has 0 spiro atoms. The van der Waals surface area contributed by atoms with Crippen LogP contribution in [0.3, 0.4) is 0 Å². The first-order chi connectivity index (χ1) is 13.3. The van der Waals surface area contributed by atoms with Gasteiger partial charge in [-0.3, -0.25) is 9.10 Å². The number of hydrogen-bond acceptors (Lipinski definition) is 5. The highest BCUT2D eigenvalue weighted by atomic mass is 32.2. The van der Waals surface area contributed by atoms with Gasteiger partial charge in [0.1, 0.15) is 12.3 Å². The maximum atomic E-state index is 13.3. The highest BCUT2D eigenvalue weighted by Crippen LogP contribution is 2.33. The third-order valence-electron chi connectivity index (χ3n) is 4.05. The van der Waals surface area contributed by atoms with E-state index < -0.39 is 15.9 Å². The lowest BCUT2D eigenvalue weighted by molar-refractivity contribution is -0.120. The molecule has 1 atom stereocenters. The number of methoxy groups -OCH3 is 2. The van der Waals surface area contributed by atoms with E-state index in [1.807, 2.05) is 13.0 Å². The van der Waals surface area contributed by atoms with Crippen molar-refractivity contribution in [2.75, 3.05) is 31.7 Å². The van der Waals surface area contributed by atoms with Crippen LogP contribution in [-0.4, -0.2) is 47.7 Å². The summed E-state index contributed by atoms with van der Waals surface area (Å²) in [6.07, 6.45) is 0. The van der Waals surface area contributed by atoms with Crippen LogP contribution >= 0.6 is 0 Å². The standard InChI is InChI=1S/C20H26N2O5S/c1-15-10-11-19(27-4)18(12-15)22(13-20(23)21-16(2)14-26-3)28(24,25)17-8-6-5-7-9-17/h5-12,16H,13-14H2,1-4H3,(H,21,23)/t16-/m0/s1. The molecule has 0 unspecified atom stereocenters. The van der Waals surface area contributed by atoms with Gasteiger partial charge in [0, 0.05) is 13.2 Å². The van der Waals surface area contributed by atoms with E-state index >= 15 is 0 Å². The van der Waals surface area contributed by atoms with Crippen LogP contribution in [0.15, 0.2) is 53.4 Å². The van der Waals surface area contributed by atoms with E-state index in [4.69, 9.17) is 9.47 Å². The van der Waals surface area contributed by atoms with Crippen molar-refractivity contribution in [1.29, 1.82) is 0 Å². The van der Waals surface area contributed by atoms with Crippen molar-refractivity contribution in [3.05, 3.63) is 54.1 Å². The molecule has 0 bridgehead atoms. The van der Waals surface area contributed by atoms with Crippen LogP contribution in [-0.2, 0) is 19.6 Å². The molecule has 2 aromatic rings. The fourth-order valence-corrected chi connectivity index (χ4v) is 4.20. The van der Waals surface area contributed by atoms with Crippen molar-refractivity contribution in [1.82, 2.24) is 5.32 Å². The van der Waals surface area contributed by atoms with Crippen molar-refractivity contribution in [3.8, 4) is 5.75 Å². The molecule has 28 heavy (non-hydrogen) atoms. The number of ether oxygens (including phenoxy) is 2. The molecule has 0 aromatic heterocycles. The maximum absolute atomic E-state index is 13.3. The molecule has 0 aliphatic rings. The monoisotopic (exact) mass is 406 g/mol. The zero-order chi connectivity index (χ0) is 20.7. The van der Waals surface area contributed by atoms with Gasteiger partial charge in [0.15, 0.2) is 0 Å². The number of rotatable bonds is 9. The van der Waals surface area contributed by atoms with Crippen molar-refractivity contribution in [3.63, 3.8) is 0 Å². The summed E-state index contributed by atoms with van der Waals surface area (Å²) in [5, 5.41) is 2.75. The Balaban J connectivity index is 2.48. The Morgan fingerprint density at radius 2 is 1.82 bits per heavy atom. The smallest absolute Gasteiger partial charge is 0.264 e. The third-order valence-corrected chi connectivity index (χ3v) is 5.82.